The molecular formula is C48H42N4O4. The number of carbonyl (C=O) groups excluding carboxylic acids is 2. The van der Waals surface area contributed by atoms with Crippen molar-refractivity contribution in [3.05, 3.63) is 152 Å². The molecule has 0 radical (unpaired) electrons. The summed E-state index contributed by atoms with van der Waals surface area (Å²) in [6, 6.07) is 36.8. The lowest BCUT2D eigenvalue weighted by Gasteiger charge is -2.14. The molecule has 0 saturated heterocycles. The number of esters is 2. The Morgan fingerprint density at radius 1 is 0.500 bits per heavy atom. The first-order valence-corrected chi connectivity index (χ1v) is 18.5. The van der Waals surface area contributed by atoms with Crippen LogP contribution in [0.2, 0.25) is 0 Å². The summed E-state index contributed by atoms with van der Waals surface area (Å²) >= 11 is 0. The van der Waals surface area contributed by atoms with Gasteiger partial charge in [-0.15, -0.1) is 13.2 Å². The second-order valence-corrected chi connectivity index (χ2v) is 12.5. The molecule has 8 nitrogen and oxygen atoms in total. The molecule has 2 aromatic heterocycles. The lowest BCUT2D eigenvalue weighted by atomic mass is 9.98. The quantitative estimate of drug-likeness (QED) is 0.0904. The van der Waals surface area contributed by atoms with Crippen LogP contribution in [0.5, 0.6) is 11.5 Å². The zero-order valence-electron chi connectivity index (χ0n) is 32.0. The van der Waals surface area contributed by atoms with Crippen molar-refractivity contribution < 1.29 is 19.1 Å². The number of hydrogen-bond donors (Lipinski definition) is 0. The van der Waals surface area contributed by atoms with Crippen LogP contribution in [0.25, 0.3) is 72.5 Å². The maximum absolute atomic E-state index is 11.7. The van der Waals surface area contributed by atoms with Gasteiger partial charge in [0.05, 0.1) is 44.8 Å². The fourth-order valence-corrected chi connectivity index (χ4v) is 6.40. The Kier molecular flexibility index (Phi) is 12.3. The third-order valence-corrected chi connectivity index (χ3v) is 8.72. The maximum Gasteiger partial charge on any atom is 0.308 e. The smallest absolute Gasteiger partial charge is 0.308 e. The Hall–Kier alpha value is -7.06. The Bertz CT molecular complexity index is 2610. The molecule has 56 heavy (non-hydrogen) atoms. The summed E-state index contributed by atoms with van der Waals surface area (Å²) in [4.78, 5) is 43.9. The molecule has 0 bridgehead atoms. The van der Waals surface area contributed by atoms with Gasteiger partial charge in [0.15, 0.2) is 0 Å². The zero-order chi connectivity index (χ0) is 39.6. The first kappa shape index (κ1) is 38.7. The molecule has 1 aliphatic carbocycles. The summed E-state index contributed by atoms with van der Waals surface area (Å²) in [5.74, 6) is 0.124. The minimum Gasteiger partial charge on any atom is -0.427 e. The molecule has 0 atom stereocenters. The molecule has 8 heteroatoms. The summed E-state index contributed by atoms with van der Waals surface area (Å²) < 4.78 is 10.8. The highest BCUT2D eigenvalue weighted by Gasteiger charge is 2.18. The van der Waals surface area contributed by atoms with Crippen LogP contribution in [0.15, 0.2) is 147 Å². The number of aromatic nitrogens is 4. The van der Waals surface area contributed by atoms with Gasteiger partial charge in [-0.2, -0.15) is 0 Å². The fraction of sp³-hybridized carbons (Fsp3) is 0.125. The van der Waals surface area contributed by atoms with Crippen molar-refractivity contribution in [2.45, 2.75) is 40.5 Å². The van der Waals surface area contributed by atoms with Crippen LogP contribution in [0.3, 0.4) is 0 Å². The Morgan fingerprint density at radius 3 is 1.46 bits per heavy atom. The van der Waals surface area contributed by atoms with E-state index in [4.69, 9.17) is 29.4 Å². The van der Waals surface area contributed by atoms with E-state index in [1.165, 1.54) is 13.8 Å². The summed E-state index contributed by atoms with van der Waals surface area (Å²) in [5.41, 5.74) is 11.3. The molecular weight excluding hydrogens is 697 g/mol. The average molecular weight is 739 g/mol. The summed E-state index contributed by atoms with van der Waals surface area (Å²) in [7, 11) is 0. The third-order valence-electron chi connectivity index (χ3n) is 8.72. The van der Waals surface area contributed by atoms with Crippen LogP contribution in [0.1, 0.15) is 46.2 Å². The first-order chi connectivity index (χ1) is 27.4. The Balaban J connectivity index is 0.00000129. The summed E-state index contributed by atoms with van der Waals surface area (Å²) in [6.07, 6.45) is 8.34. The van der Waals surface area contributed by atoms with Crippen molar-refractivity contribution in [3.63, 3.8) is 0 Å². The molecule has 278 valence electrons. The lowest BCUT2D eigenvalue weighted by Crippen LogP contribution is -2.02. The van der Waals surface area contributed by atoms with E-state index >= 15 is 0 Å². The molecule has 0 N–H and O–H groups in total. The molecule has 1 aliphatic rings. The maximum atomic E-state index is 11.7. The number of ether oxygens (including phenoxy) is 2. The van der Waals surface area contributed by atoms with Crippen molar-refractivity contribution in [3.8, 4) is 56.4 Å². The highest BCUT2D eigenvalue weighted by molar-refractivity contribution is 5.92. The number of benzene rings is 5. The fourth-order valence-electron chi connectivity index (χ4n) is 6.40. The lowest BCUT2D eigenvalue weighted by molar-refractivity contribution is -0.132. The van der Waals surface area contributed by atoms with Gasteiger partial charge in [0, 0.05) is 30.5 Å². The molecule has 8 rings (SSSR count). The SMILES string of the molecule is C=C.CC.CC(=O)Oc1cccc(-c2nc3cc(-c4ccc5nc(-c6cccc(OC(C)=O)c6)c(-c6ccccc6)nc5c4)ccc3nc2C2=CCCC=C2)c1. The van der Waals surface area contributed by atoms with Crippen LogP contribution < -0.4 is 9.47 Å². The highest BCUT2D eigenvalue weighted by atomic mass is 16.5. The van der Waals surface area contributed by atoms with E-state index in [1.54, 1.807) is 12.1 Å². The second-order valence-electron chi connectivity index (χ2n) is 12.5. The van der Waals surface area contributed by atoms with Crippen molar-refractivity contribution in [1.82, 2.24) is 19.9 Å². The van der Waals surface area contributed by atoms with Crippen LogP contribution in [0, 0.1) is 0 Å². The van der Waals surface area contributed by atoms with E-state index in [-0.39, 0.29) is 11.9 Å². The van der Waals surface area contributed by atoms with Gasteiger partial charge in [-0.05, 0) is 78.1 Å². The number of nitrogens with zero attached hydrogens (tertiary/aromatic N) is 4. The van der Waals surface area contributed by atoms with Crippen LogP contribution in [0.4, 0.5) is 0 Å². The second kappa shape index (κ2) is 17.8. The van der Waals surface area contributed by atoms with Gasteiger partial charge in [0.1, 0.15) is 11.5 Å². The normalized spacial score (nSPS) is 11.8. The van der Waals surface area contributed by atoms with Crippen LogP contribution in [-0.2, 0) is 9.59 Å². The predicted octanol–water partition coefficient (Wildman–Crippen LogP) is 11.7. The van der Waals surface area contributed by atoms with E-state index < -0.39 is 0 Å². The molecule has 5 aromatic carbocycles. The van der Waals surface area contributed by atoms with E-state index in [1.807, 2.05) is 111 Å². The van der Waals surface area contributed by atoms with Crippen LogP contribution in [-0.4, -0.2) is 31.9 Å². The van der Waals surface area contributed by atoms with E-state index in [9.17, 15) is 9.59 Å². The molecule has 0 spiro atoms. The largest absolute Gasteiger partial charge is 0.427 e. The highest BCUT2D eigenvalue weighted by Crippen LogP contribution is 2.36. The monoisotopic (exact) mass is 738 g/mol. The van der Waals surface area contributed by atoms with Crippen molar-refractivity contribution >= 4 is 39.6 Å². The molecule has 0 amide bonds. The van der Waals surface area contributed by atoms with Gasteiger partial charge < -0.3 is 9.47 Å². The number of fused-ring (bicyclic) bond motifs is 2. The van der Waals surface area contributed by atoms with Crippen molar-refractivity contribution in [2.24, 2.45) is 0 Å². The zero-order valence-corrected chi connectivity index (χ0v) is 32.0. The predicted molar refractivity (Wildman–Crippen MR) is 226 cm³/mol. The Morgan fingerprint density at radius 2 is 0.964 bits per heavy atom. The van der Waals surface area contributed by atoms with Gasteiger partial charge in [-0.1, -0.05) is 98.8 Å². The first-order valence-electron chi connectivity index (χ1n) is 18.5. The van der Waals surface area contributed by atoms with Gasteiger partial charge in [0.2, 0.25) is 0 Å². The molecule has 2 heterocycles. The third kappa shape index (κ3) is 8.66. The van der Waals surface area contributed by atoms with Gasteiger partial charge in [-0.25, -0.2) is 19.9 Å². The minimum absolute atomic E-state index is 0.384. The number of carbonyl (C=O) groups is 2. The summed E-state index contributed by atoms with van der Waals surface area (Å²) in [5, 5.41) is 0. The molecule has 7 aromatic rings. The molecule has 0 unspecified atom stereocenters. The van der Waals surface area contributed by atoms with E-state index in [2.05, 4.69) is 37.5 Å². The Labute approximate surface area is 326 Å². The van der Waals surface area contributed by atoms with Gasteiger partial charge in [-0.3, -0.25) is 9.59 Å². The van der Waals surface area contributed by atoms with Crippen molar-refractivity contribution in [1.29, 1.82) is 0 Å². The van der Waals surface area contributed by atoms with Crippen molar-refractivity contribution in [2.75, 3.05) is 0 Å². The number of allylic oxidation sites excluding steroid dienone is 4. The van der Waals surface area contributed by atoms with Crippen LogP contribution >= 0.6 is 0 Å². The van der Waals surface area contributed by atoms with E-state index in [0.717, 1.165) is 74.0 Å². The van der Waals surface area contributed by atoms with Gasteiger partial charge >= 0.3 is 11.9 Å². The topological polar surface area (TPSA) is 104 Å². The average Bonchev–Trinajstić information content (AvgIpc) is 3.24. The molecule has 0 fully saturated rings. The number of rotatable bonds is 7. The number of hydrogen-bond acceptors (Lipinski definition) is 8. The van der Waals surface area contributed by atoms with Gasteiger partial charge in [0.25, 0.3) is 0 Å². The molecule has 0 aliphatic heterocycles. The minimum atomic E-state index is -0.388. The van der Waals surface area contributed by atoms with E-state index in [0.29, 0.717) is 28.6 Å². The summed E-state index contributed by atoms with van der Waals surface area (Å²) in [6.45, 7) is 12.8. The molecule has 0 saturated carbocycles. The standard InChI is InChI=1S/C44H32N4O4.C2H6.C2H4/c1-27(49)51-35-17-9-15-33(23-35)43-42(30-13-7-4-8-14-30)47-39-25-31(20-22-38(39)46-43)32-19-21-37-40(26-32)48-44(41(45-37)29-11-5-3-6-12-29)34-16-10-18-36(24-34)52-28(2)50;2*1-2/h4-5,7-26H,3,6H2,1-2H3;1-2H3;1-2H2.